The number of anilines is 1. The summed E-state index contributed by atoms with van der Waals surface area (Å²) >= 11 is 0. The number of nitrogen functional groups attached to an aromatic ring is 1. The lowest BCUT2D eigenvalue weighted by Crippen LogP contribution is -2.26. The van der Waals surface area contributed by atoms with Gasteiger partial charge in [-0.15, -0.1) is 0 Å². The van der Waals surface area contributed by atoms with Crippen LogP contribution in [0.5, 0.6) is 5.75 Å². The van der Waals surface area contributed by atoms with E-state index in [0.29, 0.717) is 17.9 Å². The van der Waals surface area contributed by atoms with Crippen LogP contribution in [0.4, 0.5) is 17.2 Å². The number of aliphatic imine (C=N–C) groups is 1. The van der Waals surface area contributed by atoms with Gasteiger partial charge in [-0.05, 0) is 50.1 Å². The van der Waals surface area contributed by atoms with Crippen molar-refractivity contribution in [1.82, 2.24) is 9.55 Å². The van der Waals surface area contributed by atoms with Crippen LogP contribution in [-0.4, -0.2) is 22.9 Å². The van der Waals surface area contributed by atoms with Crippen LogP contribution in [0.25, 0.3) is 0 Å². The van der Waals surface area contributed by atoms with E-state index in [1.807, 2.05) is 61.8 Å². The van der Waals surface area contributed by atoms with E-state index in [0.717, 1.165) is 22.5 Å². The van der Waals surface area contributed by atoms with E-state index < -0.39 is 0 Å². The summed E-state index contributed by atoms with van der Waals surface area (Å²) < 4.78 is 7.21. The third kappa shape index (κ3) is 5.30. The SMILES string of the molecule is C=C/C(=C\C)Cn1cc(OC)c(N)nc1=Nc1cc(N=C/C=C\C)ccc1C. The van der Waals surface area contributed by atoms with Crippen LogP contribution < -0.4 is 16.1 Å². The molecule has 0 fully saturated rings. The normalized spacial score (nSPS) is 12.9. The molecule has 2 rings (SSSR count). The second-order valence-corrected chi connectivity index (χ2v) is 6.08. The Morgan fingerprint density at radius 1 is 1.36 bits per heavy atom. The molecule has 1 heterocycles. The highest BCUT2D eigenvalue weighted by Crippen LogP contribution is 2.24. The van der Waals surface area contributed by atoms with Gasteiger partial charge in [0.05, 0.1) is 31.2 Å². The van der Waals surface area contributed by atoms with Gasteiger partial charge in [0.1, 0.15) is 0 Å². The molecule has 0 aliphatic rings. The van der Waals surface area contributed by atoms with Gasteiger partial charge in [-0.2, -0.15) is 4.98 Å². The molecule has 0 aliphatic carbocycles. The number of rotatable bonds is 7. The summed E-state index contributed by atoms with van der Waals surface area (Å²) in [4.78, 5) is 13.6. The van der Waals surface area contributed by atoms with Crippen molar-refractivity contribution in [3.63, 3.8) is 0 Å². The number of allylic oxidation sites excluding steroid dienone is 5. The average molecular weight is 377 g/mol. The number of aryl methyl sites for hydroxylation is 1. The topological polar surface area (TPSA) is 77.8 Å². The van der Waals surface area contributed by atoms with Crippen LogP contribution in [0.3, 0.4) is 0 Å². The number of methoxy groups -OCH3 is 1. The van der Waals surface area contributed by atoms with E-state index in [1.54, 1.807) is 25.6 Å². The molecule has 28 heavy (non-hydrogen) atoms. The van der Waals surface area contributed by atoms with E-state index in [-0.39, 0.29) is 5.82 Å². The molecule has 146 valence electrons. The van der Waals surface area contributed by atoms with E-state index >= 15 is 0 Å². The van der Waals surface area contributed by atoms with E-state index in [4.69, 9.17) is 15.5 Å². The maximum absolute atomic E-state index is 6.02. The van der Waals surface area contributed by atoms with Crippen LogP contribution in [0.15, 0.2) is 70.8 Å². The third-order valence-electron chi connectivity index (χ3n) is 4.12. The highest BCUT2D eigenvalue weighted by molar-refractivity contribution is 5.75. The first kappa shape index (κ1) is 20.9. The Bertz CT molecular complexity index is 996. The summed E-state index contributed by atoms with van der Waals surface area (Å²) in [5.41, 5.74) is 10.2. The predicted molar refractivity (Wildman–Crippen MR) is 117 cm³/mol. The van der Waals surface area contributed by atoms with E-state index in [1.165, 1.54) is 0 Å². The maximum atomic E-state index is 6.02. The summed E-state index contributed by atoms with van der Waals surface area (Å²) in [6.07, 6.45) is 11.2. The van der Waals surface area contributed by atoms with Crippen LogP contribution in [0, 0.1) is 6.92 Å². The zero-order valence-corrected chi connectivity index (χ0v) is 16.9. The van der Waals surface area contributed by atoms with Crippen molar-refractivity contribution in [3.8, 4) is 5.75 Å². The number of benzene rings is 1. The minimum Gasteiger partial charge on any atom is -0.491 e. The lowest BCUT2D eigenvalue weighted by atomic mass is 10.2. The molecule has 0 unspecified atom stereocenters. The minimum atomic E-state index is 0.290. The van der Waals surface area contributed by atoms with Crippen LogP contribution in [0.1, 0.15) is 19.4 Å². The summed E-state index contributed by atoms with van der Waals surface area (Å²) in [6, 6.07) is 5.86. The molecule has 0 radical (unpaired) electrons. The fourth-order valence-electron chi connectivity index (χ4n) is 2.45. The molecular weight excluding hydrogens is 350 g/mol. The zero-order valence-electron chi connectivity index (χ0n) is 16.9. The molecule has 6 heteroatoms. The summed E-state index contributed by atoms with van der Waals surface area (Å²) in [5, 5.41) is 0. The molecule has 6 nitrogen and oxygen atoms in total. The molecule has 0 bridgehead atoms. The van der Waals surface area contributed by atoms with Crippen molar-refractivity contribution in [2.45, 2.75) is 27.3 Å². The van der Waals surface area contributed by atoms with Crippen LogP contribution >= 0.6 is 0 Å². The Kier molecular flexibility index (Phi) is 7.51. The first-order chi connectivity index (χ1) is 13.5. The lowest BCUT2D eigenvalue weighted by molar-refractivity contribution is 0.408. The van der Waals surface area contributed by atoms with Gasteiger partial charge in [-0.3, -0.25) is 4.99 Å². The van der Waals surface area contributed by atoms with Crippen LogP contribution in [-0.2, 0) is 6.54 Å². The fraction of sp³-hybridized carbons (Fsp3) is 0.227. The highest BCUT2D eigenvalue weighted by atomic mass is 16.5. The molecule has 0 aliphatic heterocycles. The van der Waals surface area contributed by atoms with Crippen molar-refractivity contribution in [2.24, 2.45) is 9.98 Å². The molecule has 1 aromatic heterocycles. The Morgan fingerprint density at radius 3 is 2.79 bits per heavy atom. The largest absolute Gasteiger partial charge is 0.491 e. The van der Waals surface area contributed by atoms with Gasteiger partial charge in [0.2, 0.25) is 5.62 Å². The van der Waals surface area contributed by atoms with Crippen molar-refractivity contribution < 1.29 is 4.74 Å². The zero-order chi connectivity index (χ0) is 20.5. The predicted octanol–water partition coefficient (Wildman–Crippen LogP) is 4.43. The Labute approximate surface area is 166 Å². The Balaban J connectivity index is 2.62. The summed E-state index contributed by atoms with van der Waals surface area (Å²) in [5.74, 6) is 0.790. The number of nitrogens with zero attached hydrogens (tertiary/aromatic N) is 4. The first-order valence-electron chi connectivity index (χ1n) is 9.01. The second-order valence-electron chi connectivity index (χ2n) is 6.08. The highest BCUT2D eigenvalue weighted by Gasteiger charge is 2.07. The molecular formula is C22H27N5O. The van der Waals surface area contributed by atoms with Crippen molar-refractivity contribution in [1.29, 1.82) is 0 Å². The molecule has 0 saturated heterocycles. The van der Waals surface area contributed by atoms with Gasteiger partial charge in [-0.25, -0.2) is 4.99 Å². The molecule has 2 aromatic rings. The number of nitrogens with two attached hydrogens (primary N) is 1. The van der Waals surface area contributed by atoms with Gasteiger partial charge >= 0.3 is 0 Å². The van der Waals surface area contributed by atoms with Crippen LogP contribution in [0.2, 0.25) is 0 Å². The number of hydrogen-bond donors (Lipinski definition) is 1. The van der Waals surface area contributed by atoms with Gasteiger partial charge < -0.3 is 15.0 Å². The summed E-state index contributed by atoms with van der Waals surface area (Å²) in [7, 11) is 1.56. The quantitative estimate of drug-likeness (QED) is 0.573. The fourth-order valence-corrected chi connectivity index (χ4v) is 2.45. The number of hydrogen-bond acceptors (Lipinski definition) is 5. The first-order valence-corrected chi connectivity index (χ1v) is 9.01. The van der Waals surface area contributed by atoms with Crippen molar-refractivity contribution in [2.75, 3.05) is 12.8 Å². The molecule has 0 spiro atoms. The Morgan fingerprint density at radius 2 is 2.14 bits per heavy atom. The monoisotopic (exact) mass is 377 g/mol. The molecule has 0 saturated carbocycles. The van der Waals surface area contributed by atoms with Gasteiger partial charge in [0.15, 0.2) is 11.6 Å². The molecule has 0 amide bonds. The van der Waals surface area contributed by atoms with Crippen molar-refractivity contribution >= 4 is 23.4 Å². The van der Waals surface area contributed by atoms with Gasteiger partial charge in [0, 0.05) is 6.21 Å². The second kappa shape index (κ2) is 10.1. The average Bonchev–Trinajstić information content (AvgIpc) is 2.70. The minimum absolute atomic E-state index is 0.290. The van der Waals surface area contributed by atoms with Crippen molar-refractivity contribution in [3.05, 3.63) is 72.0 Å². The molecule has 1 aromatic carbocycles. The number of aromatic nitrogens is 2. The van der Waals surface area contributed by atoms with Gasteiger partial charge in [0.25, 0.3) is 0 Å². The maximum Gasteiger partial charge on any atom is 0.232 e. The van der Waals surface area contributed by atoms with Gasteiger partial charge in [-0.1, -0.05) is 30.9 Å². The summed E-state index contributed by atoms with van der Waals surface area (Å²) in [6.45, 7) is 10.3. The standard InChI is InChI=1S/C22H27N5O/c1-6-9-12-24-18-11-10-16(4)19(13-18)25-22-26-21(23)20(28-5)15-27(22)14-17(7-2)8-3/h6-13,15H,2,14H2,1,3-5H3,(H2,23,25,26)/b9-6-,17-8+,24-12?. The van der Waals surface area contributed by atoms with E-state index in [2.05, 4.69) is 16.6 Å². The molecule has 0 atom stereocenters. The number of ether oxygens (including phenoxy) is 1. The van der Waals surface area contributed by atoms with E-state index in [9.17, 15) is 0 Å². The Hall–Kier alpha value is -3.41. The smallest absolute Gasteiger partial charge is 0.232 e. The molecule has 2 N–H and O–H groups in total. The lowest BCUT2D eigenvalue weighted by Gasteiger charge is -2.12. The third-order valence-corrected chi connectivity index (χ3v) is 4.12.